The number of nitrogens with two attached hydrogens (primary N) is 2. The van der Waals surface area contributed by atoms with Crippen molar-refractivity contribution in [1.82, 2.24) is 0 Å². The summed E-state index contributed by atoms with van der Waals surface area (Å²) in [5, 5.41) is 0. The molecule has 0 bridgehead atoms. The molecule has 1 atom stereocenters. The van der Waals surface area contributed by atoms with Crippen LogP contribution in [0.3, 0.4) is 0 Å². The van der Waals surface area contributed by atoms with Gasteiger partial charge < -0.3 is 30.4 Å². The molecule has 0 aliphatic heterocycles. The zero-order valence-electron chi connectivity index (χ0n) is 16.6. The topological polar surface area (TPSA) is 123 Å². The summed E-state index contributed by atoms with van der Waals surface area (Å²) in [7, 11) is 3.20. The van der Waals surface area contributed by atoms with Crippen molar-refractivity contribution in [2.75, 3.05) is 32.3 Å². The Kier molecular flexibility index (Phi) is 8.29. The lowest BCUT2D eigenvalue weighted by Crippen LogP contribution is -2.13. The average Bonchev–Trinajstić information content (AvgIpc) is 2.68. The summed E-state index contributed by atoms with van der Waals surface area (Å²) < 4.78 is 20.9. The van der Waals surface area contributed by atoms with Gasteiger partial charge in [-0.05, 0) is 18.6 Å². The van der Waals surface area contributed by atoms with E-state index in [4.69, 9.17) is 30.4 Å². The van der Waals surface area contributed by atoms with Crippen LogP contribution in [-0.4, -0.2) is 38.9 Å². The van der Waals surface area contributed by atoms with Crippen LogP contribution >= 0.6 is 0 Å². The normalized spacial score (nSPS) is 16.1. The summed E-state index contributed by atoms with van der Waals surface area (Å²) in [6.45, 7) is 0.0924. The second kappa shape index (κ2) is 10.9. The fraction of sp³-hybridized carbons (Fsp3) is 0.333. The van der Waals surface area contributed by atoms with Gasteiger partial charge in [-0.2, -0.15) is 0 Å². The summed E-state index contributed by atoms with van der Waals surface area (Å²) in [4.78, 5) is 23.7. The highest BCUT2D eigenvalue weighted by molar-refractivity contribution is 5.82. The summed E-state index contributed by atoms with van der Waals surface area (Å²) in [5.41, 5.74) is 12.9. The van der Waals surface area contributed by atoms with E-state index < -0.39 is 11.9 Å². The summed E-state index contributed by atoms with van der Waals surface area (Å²) >= 11 is 0. The van der Waals surface area contributed by atoms with Crippen molar-refractivity contribution < 1.29 is 28.5 Å². The zero-order chi connectivity index (χ0) is 21.2. The minimum atomic E-state index is -0.507. The van der Waals surface area contributed by atoms with Gasteiger partial charge in [-0.3, -0.25) is 4.79 Å². The molecule has 156 valence electrons. The number of hydrogen-bond donors (Lipinski definition) is 2. The standard InChI is InChI=1S/C21H26N2O6/c1-26-17-7-5-14(19(13-17)27-2)6-8-20(24)28-9-3-4-21(25)29-18-11-15(22)10-16(23)12-18/h5-8,10-12,17H,3-4,9,13,22-23H2,1-2H3/b8-6+. The lowest BCUT2D eigenvalue weighted by Gasteiger charge is -2.19. The molecule has 0 saturated heterocycles. The Morgan fingerprint density at radius 3 is 2.55 bits per heavy atom. The van der Waals surface area contributed by atoms with Crippen LogP contribution in [-0.2, 0) is 23.8 Å². The number of anilines is 2. The highest BCUT2D eigenvalue weighted by Crippen LogP contribution is 2.22. The van der Waals surface area contributed by atoms with Gasteiger partial charge in [0.2, 0.25) is 0 Å². The third-order valence-electron chi connectivity index (χ3n) is 4.10. The Bertz CT molecular complexity index is 808. The van der Waals surface area contributed by atoms with Crippen LogP contribution < -0.4 is 16.2 Å². The molecule has 0 aromatic heterocycles. The smallest absolute Gasteiger partial charge is 0.330 e. The second-order valence-electron chi connectivity index (χ2n) is 6.33. The van der Waals surface area contributed by atoms with Crippen molar-refractivity contribution in [1.29, 1.82) is 0 Å². The van der Waals surface area contributed by atoms with E-state index in [0.717, 1.165) is 11.3 Å². The Balaban J connectivity index is 1.73. The van der Waals surface area contributed by atoms with Crippen LogP contribution in [0.1, 0.15) is 19.3 Å². The number of nitrogen functional groups attached to an aromatic ring is 2. The molecule has 1 aromatic carbocycles. The minimum absolute atomic E-state index is 0.0439. The van der Waals surface area contributed by atoms with Crippen LogP contribution in [0.2, 0.25) is 0 Å². The zero-order valence-corrected chi connectivity index (χ0v) is 16.6. The van der Waals surface area contributed by atoms with Crippen LogP contribution in [0.25, 0.3) is 0 Å². The molecule has 0 saturated carbocycles. The van der Waals surface area contributed by atoms with Gasteiger partial charge in [0.25, 0.3) is 0 Å². The predicted octanol–water partition coefficient (Wildman–Crippen LogP) is 2.51. The minimum Gasteiger partial charge on any atom is -0.500 e. The Morgan fingerprint density at radius 2 is 1.90 bits per heavy atom. The van der Waals surface area contributed by atoms with Crippen molar-refractivity contribution >= 4 is 23.3 Å². The molecule has 2 rings (SSSR count). The third-order valence-corrected chi connectivity index (χ3v) is 4.10. The molecule has 0 spiro atoms. The maximum atomic E-state index is 11.8. The Hall–Kier alpha value is -3.26. The summed E-state index contributed by atoms with van der Waals surface area (Å²) in [6, 6.07) is 4.59. The molecule has 0 heterocycles. The average molecular weight is 402 g/mol. The van der Waals surface area contributed by atoms with E-state index in [1.165, 1.54) is 18.2 Å². The van der Waals surface area contributed by atoms with E-state index in [1.807, 2.05) is 12.2 Å². The number of benzene rings is 1. The van der Waals surface area contributed by atoms with E-state index in [1.54, 1.807) is 26.4 Å². The van der Waals surface area contributed by atoms with Crippen molar-refractivity contribution in [3.63, 3.8) is 0 Å². The molecule has 4 N–H and O–H groups in total. The maximum absolute atomic E-state index is 11.8. The number of rotatable bonds is 9. The number of ether oxygens (including phenoxy) is 4. The lowest BCUT2D eigenvalue weighted by molar-refractivity contribution is -0.140. The predicted molar refractivity (Wildman–Crippen MR) is 109 cm³/mol. The Morgan fingerprint density at radius 1 is 1.17 bits per heavy atom. The molecule has 0 radical (unpaired) electrons. The number of carbonyl (C=O) groups is 2. The van der Waals surface area contributed by atoms with E-state index in [9.17, 15) is 9.59 Å². The van der Waals surface area contributed by atoms with Gasteiger partial charge in [0.1, 0.15) is 11.5 Å². The first-order valence-electron chi connectivity index (χ1n) is 9.11. The fourth-order valence-electron chi connectivity index (χ4n) is 2.67. The van der Waals surface area contributed by atoms with E-state index in [2.05, 4.69) is 0 Å². The van der Waals surface area contributed by atoms with Crippen molar-refractivity contribution in [2.24, 2.45) is 0 Å². The van der Waals surface area contributed by atoms with Crippen LogP contribution in [0.5, 0.6) is 5.75 Å². The molecule has 1 aliphatic carbocycles. The summed E-state index contributed by atoms with van der Waals surface area (Å²) in [5.74, 6) is 0.0444. The van der Waals surface area contributed by atoms with Crippen LogP contribution in [0.4, 0.5) is 11.4 Å². The first-order chi connectivity index (χ1) is 13.9. The number of hydrogen-bond acceptors (Lipinski definition) is 8. The first kappa shape index (κ1) is 22.0. The molecule has 1 unspecified atom stereocenters. The highest BCUT2D eigenvalue weighted by atomic mass is 16.5. The van der Waals surface area contributed by atoms with Gasteiger partial charge in [0.05, 0.1) is 19.8 Å². The highest BCUT2D eigenvalue weighted by Gasteiger charge is 2.15. The quantitative estimate of drug-likeness (QED) is 0.212. The molecular formula is C21H26N2O6. The molecule has 1 aromatic rings. The Labute approximate surface area is 169 Å². The second-order valence-corrected chi connectivity index (χ2v) is 6.33. The van der Waals surface area contributed by atoms with Gasteiger partial charge in [0, 0.05) is 55.1 Å². The number of allylic oxidation sites excluding steroid dienone is 3. The number of methoxy groups -OCH3 is 2. The molecule has 8 heteroatoms. The lowest BCUT2D eigenvalue weighted by atomic mass is 10.0. The van der Waals surface area contributed by atoms with Crippen molar-refractivity contribution in [2.45, 2.75) is 25.4 Å². The van der Waals surface area contributed by atoms with Crippen molar-refractivity contribution in [3.8, 4) is 5.75 Å². The first-order valence-corrected chi connectivity index (χ1v) is 9.11. The fourth-order valence-corrected chi connectivity index (χ4v) is 2.67. The maximum Gasteiger partial charge on any atom is 0.330 e. The molecule has 29 heavy (non-hydrogen) atoms. The van der Waals surface area contributed by atoms with Crippen LogP contribution in [0.15, 0.2) is 53.8 Å². The van der Waals surface area contributed by atoms with Gasteiger partial charge in [-0.1, -0.05) is 12.2 Å². The number of carbonyl (C=O) groups excluding carboxylic acids is 2. The van der Waals surface area contributed by atoms with E-state index in [0.29, 0.717) is 24.2 Å². The SMILES string of the molecule is COC1=C(/C=C/C(=O)OCCCC(=O)Oc2cc(N)cc(N)c2)C=CC(OC)C1. The largest absolute Gasteiger partial charge is 0.500 e. The van der Waals surface area contributed by atoms with Gasteiger partial charge in [0.15, 0.2) is 0 Å². The molecule has 0 fully saturated rings. The number of esters is 2. The van der Waals surface area contributed by atoms with Gasteiger partial charge in [-0.25, -0.2) is 4.79 Å². The molecule has 8 nitrogen and oxygen atoms in total. The molecule has 1 aliphatic rings. The van der Waals surface area contributed by atoms with Crippen molar-refractivity contribution in [3.05, 3.63) is 53.8 Å². The molecule has 0 amide bonds. The van der Waals surface area contributed by atoms with E-state index in [-0.39, 0.29) is 24.9 Å². The van der Waals surface area contributed by atoms with Gasteiger partial charge >= 0.3 is 11.9 Å². The molecular weight excluding hydrogens is 376 g/mol. The summed E-state index contributed by atoms with van der Waals surface area (Å²) in [6.07, 6.45) is 7.65. The van der Waals surface area contributed by atoms with Crippen LogP contribution in [0, 0.1) is 0 Å². The van der Waals surface area contributed by atoms with E-state index >= 15 is 0 Å². The third kappa shape index (κ3) is 7.34. The van der Waals surface area contributed by atoms with Gasteiger partial charge in [-0.15, -0.1) is 0 Å². The monoisotopic (exact) mass is 402 g/mol.